The van der Waals surface area contributed by atoms with E-state index in [2.05, 4.69) is 0 Å². The minimum absolute atomic E-state index is 0. The first-order chi connectivity index (χ1) is 0. The molecule has 0 nitrogen and oxygen atoms in total. The molecular formula is H7AlFeLiP. The van der Waals surface area contributed by atoms with Crippen LogP contribution in [-0.4, -0.2) is 36.2 Å². The van der Waals surface area contributed by atoms with Gasteiger partial charge in [-0.3, -0.25) is 0 Å². The normalized spacial score (nSPS) is 0. The molecule has 0 bridgehead atoms. The average molecular weight is 128 g/mol. The fourth-order valence-electron chi connectivity index (χ4n) is 0. The van der Waals surface area contributed by atoms with E-state index in [9.17, 15) is 0 Å². The van der Waals surface area contributed by atoms with Gasteiger partial charge < -0.3 is 0 Å². The first-order valence-corrected chi connectivity index (χ1v) is 0. The van der Waals surface area contributed by atoms with Gasteiger partial charge in [-0.1, -0.05) is 0 Å². The van der Waals surface area contributed by atoms with Crippen molar-refractivity contribution in [2.75, 3.05) is 0 Å². The number of hydrogen-bond acceptors (Lipinski definition) is 0. The van der Waals surface area contributed by atoms with Crippen molar-refractivity contribution in [3.05, 3.63) is 0 Å². The van der Waals surface area contributed by atoms with E-state index in [-0.39, 0.29) is 63.2 Å². The Labute approximate surface area is 62.9 Å². The molecule has 4 heavy (non-hydrogen) atoms. The third-order valence-electron chi connectivity index (χ3n) is 0. The van der Waals surface area contributed by atoms with E-state index in [1.807, 2.05) is 0 Å². The molecule has 0 aliphatic rings. The second kappa shape index (κ2) is 19.5. The third kappa shape index (κ3) is 8.95. The molecule has 1 unspecified atom stereocenters. The summed E-state index contributed by atoms with van der Waals surface area (Å²) in [5.41, 5.74) is 0. The summed E-state index contributed by atoms with van der Waals surface area (Å²) in [7, 11) is 0. The summed E-state index contributed by atoms with van der Waals surface area (Å²) >= 11 is 0. The van der Waals surface area contributed by atoms with Crippen molar-refractivity contribution >= 4 is 46.1 Å². The summed E-state index contributed by atoms with van der Waals surface area (Å²) in [4.78, 5) is 0. The molecule has 4 heteroatoms. The molecular weight excluding hydrogens is 121 g/mol. The zero-order chi connectivity index (χ0) is 0. The first kappa shape index (κ1) is 36.3. The Hall–Kier alpha value is 2.08. The molecule has 1 atom stereocenters. The van der Waals surface area contributed by atoms with Crippen LogP contribution in [-0.2, 0) is 17.1 Å². The molecule has 0 radical (unpaired) electrons. The molecule has 0 saturated heterocycles. The SMILES string of the molecule is P.[AlH3].[Fe].[LiH]. The maximum absolute atomic E-state index is 0. The summed E-state index contributed by atoms with van der Waals surface area (Å²) in [5.74, 6) is 0. The van der Waals surface area contributed by atoms with E-state index < -0.39 is 0 Å². The second-order valence-corrected chi connectivity index (χ2v) is 0. The van der Waals surface area contributed by atoms with Crippen LogP contribution >= 0.6 is 9.90 Å². The molecule has 0 N–H and O–H groups in total. The van der Waals surface area contributed by atoms with Gasteiger partial charge in [0.05, 0.1) is 0 Å². The maximum atomic E-state index is 0. The van der Waals surface area contributed by atoms with E-state index in [1.54, 1.807) is 0 Å². The van der Waals surface area contributed by atoms with Crippen LogP contribution in [0.5, 0.6) is 0 Å². The van der Waals surface area contributed by atoms with Crippen molar-refractivity contribution in [1.29, 1.82) is 0 Å². The standard InChI is InChI=1S/Al.Fe.Li.H3P.4H/h;;;1H3;;;;. The van der Waals surface area contributed by atoms with Gasteiger partial charge in [-0.15, -0.1) is 0 Å². The Morgan fingerprint density at radius 3 is 1.00 bits per heavy atom. The zero-order valence-electron chi connectivity index (χ0n) is 1.06. The van der Waals surface area contributed by atoms with Crippen LogP contribution in [0.2, 0.25) is 0 Å². The van der Waals surface area contributed by atoms with Gasteiger partial charge in [0.15, 0.2) is 17.4 Å². The Morgan fingerprint density at radius 1 is 1.00 bits per heavy atom. The molecule has 0 amide bonds. The molecule has 0 aromatic heterocycles. The van der Waals surface area contributed by atoms with Crippen LogP contribution in [0.1, 0.15) is 0 Å². The summed E-state index contributed by atoms with van der Waals surface area (Å²) < 4.78 is 0. The Kier molecular flexibility index (Phi) is 177. The third-order valence-corrected chi connectivity index (χ3v) is 0. The van der Waals surface area contributed by atoms with Crippen LogP contribution in [0.15, 0.2) is 0 Å². The van der Waals surface area contributed by atoms with Crippen molar-refractivity contribution in [3.8, 4) is 0 Å². The monoisotopic (exact) mass is 128 g/mol. The van der Waals surface area contributed by atoms with Crippen LogP contribution in [0, 0.1) is 0 Å². The van der Waals surface area contributed by atoms with Gasteiger partial charge in [-0.2, -0.15) is 9.90 Å². The summed E-state index contributed by atoms with van der Waals surface area (Å²) in [5, 5.41) is 0. The van der Waals surface area contributed by atoms with E-state index in [4.69, 9.17) is 0 Å². The van der Waals surface area contributed by atoms with Gasteiger partial charge >= 0.3 is 18.9 Å². The predicted octanol–water partition coefficient (Wildman–Crippen LogP) is -1.78. The van der Waals surface area contributed by atoms with Gasteiger partial charge in [-0.05, 0) is 0 Å². The molecule has 0 aliphatic carbocycles. The fourth-order valence-corrected chi connectivity index (χ4v) is 0. The molecule has 0 aromatic carbocycles. The topological polar surface area (TPSA) is 0 Å². The molecule has 0 fully saturated rings. The fraction of sp³-hybridized carbons (Fsp3) is 0. The van der Waals surface area contributed by atoms with Crippen molar-refractivity contribution < 1.29 is 17.1 Å². The van der Waals surface area contributed by atoms with Gasteiger partial charge in [0.2, 0.25) is 0 Å². The molecule has 0 spiro atoms. The Balaban J connectivity index is 0. The van der Waals surface area contributed by atoms with E-state index in [1.165, 1.54) is 0 Å². The Bertz CT molecular complexity index is 8.00. The van der Waals surface area contributed by atoms with Gasteiger partial charge in [-0.25, -0.2) is 0 Å². The predicted molar refractivity (Wildman–Crippen MR) is 28.2 cm³/mol. The molecule has 24 valence electrons. The van der Waals surface area contributed by atoms with Crippen molar-refractivity contribution in [2.45, 2.75) is 0 Å². The summed E-state index contributed by atoms with van der Waals surface area (Å²) in [6.45, 7) is 0. The number of rotatable bonds is 0. The van der Waals surface area contributed by atoms with Crippen LogP contribution in [0.4, 0.5) is 0 Å². The molecule has 0 rings (SSSR count). The van der Waals surface area contributed by atoms with Gasteiger partial charge in [0.1, 0.15) is 0 Å². The summed E-state index contributed by atoms with van der Waals surface area (Å²) in [6.07, 6.45) is 0. The summed E-state index contributed by atoms with van der Waals surface area (Å²) in [6, 6.07) is 0. The zero-order valence-corrected chi connectivity index (χ0v) is 3.58. The van der Waals surface area contributed by atoms with Crippen LogP contribution < -0.4 is 0 Å². The van der Waals surface area contributed by atoms with Crippen molar-refractivity contribution in [2.24, 2.45) is 0 Å². The van der Waals surface area contributed by atoms with Crippen molar-refractivity contribution in [3.63, 3.8) is 0 Å². The number of hydrogen-bond donors (Lipinski definition) is 0. The molecule has 0 aromatic rings. The minimum atomic E-state index is 0. The molecule has 0 saturated carbocycles. The van der Waals surface area contributed by atoms with E-state index in [0.29, 0.717) is 0 Å². The van der Waals surface area contributed by atoms with Crippen LogP contribution in [0.3, 0.4) is 0 Å². The quantitative estimate of drug-likeness (QED) is 0.267. The first-order valence-electron chi connectivity index (χ1n) is 0. The van der Waals surface area contributed by atoms with E-state index >= 15 is 0 Å². The van der Waals surface area contributed by atoms with Crippen molar-refractivity contribution in [1.82, 2.24) is 0 Å². The van der Waals surface area contributed by atoms with Crippen LogP contribution in [0.25, 0.3) is 0 Å². The average Bonchev–Trinajstić information content (AvgIpc) is 0. The molecule has 0 aliphatic heterocycles. The van der Waals surface area contributed by atoms with Gasteiger partial charge in [0.25, 0.3) is 0 Å². The van der Waals surface area contributed by atoms with E-state index in [0.717, 1.165) is 0 Å². The van der Waals surface area contributed by atoms with Gasteiger partial charge in [0, 0.05) is 17.1 Å². The second-order valence-electron chi connectivity index (χ2n) is 0. The Morgan fingerprint density at radius 2 is 1.00 bits per heavy atom. The molecule has 0 heterocycles.